The van der Waals surface area contributed by atoms with Crippen LogP contribution in [0.1, 0.15) is 32.1 Å². The van der Waals surface area contributed by atoms with Gasteiger partial charge in [-0.05, 0) is 44.2 Å². The van der Waals surface area contributed by atoms with Gasteiger partial charge in [0.2, 0.25) is 17.7 Å². The number of aliphatic hydroxyl groups is 1. The molecule has 0 saturated carbocycles. The van der Waals surface area contributed by atoms with Crippen LogP contribution in [-0.2, 0) is 24.0 Å². The van der Waals surface area contributed by atoms with E-state index < -0.39 is 66.9 Å². The molecule has 31 heavy (non-hydrogen) atoms. The van der Waals surface area contributed by atoms with Gasteiger partial charge in [-0.25, -0.2) is 4.79 Å². The number of carbonyl (C=O) groups is 5. The average molecular weight is 463 g/mol. The van der Waals surface area contributed by atoms with Crippen LogP contribution in [0.2, 0.25) is 0 Å². The van der Waals surface area contributed by atoms with Gasteiger partial charge in [-0.15, -0.1) is 0 Å². The lowest BCUT2D eigenvalue weighted by Crippen LogP contribution is -2.58. The summed E-state index contributed by atoms with van der Waals surface area (Å²) in [4.78, 5) is 59.6. The Morgan fingerprint density at radius 1 is 1.00 bits per heavy atom. The van der Waals surface area contributed by atoms with Gasteiger partial charge in [-0.1, -0.05) is 0 Å². The van der Waals surface area contributed by atoms with E-state index in [1.165, 1.54) is 11.8 Å². The topological polar surface area (TPSA) is 194 Å². The van der Waals surface area contributed by atoms with Gasteiger partial charge in [0.25, 0.3) is 0 Å². The fourth-order valence-corrected chi connectivity index (χ4v) is 3.42. The molecule has 1 fully saturated rings. The van der Waals surface area contributed by atoms with Crippen LogP contribution in [0.5, 0.6) is 0 Å². The Morgan fingerprint density at radius 2 is 1.65 bits per heavy atom. The lowest BCUT2D eigenvalue weighted by molar-refractivity contribution is -0.143. The van der Waals surface area contributed by atoms with E-state index in [-0.39, 0.29) is 12.8 Å². The summed E-state index contributed by atoms with van der Waals surface area (Å²) in [6, 6.07) is -4.39. The number of nitrogens with one attached hydrogen (secondary N) is 4. The highest BCUT2D eigenvalue weighted by atomic mass is 32.2. The van der Waals surface area contributed by atoms with E-state index in [4.69, 9.17) is 5.11 Å². The Balaban J connectivity index is 2.81. The van der Waals surface area contributed by atoms with Crippen LogP contribution in [0.4, 0.5) is 0 Å². The Hall–Kier alpha value is -2.38. The van der Waals surface area contributed by atoms with Crippen molar-refractivity contribution in [3.8, 4) is 0 Å². The van der Waals surface area contributed by atoms with E-state index in [1.54, 1.807) is 6.26 Å². The van der Waals surface area contributed by atoms with Crippen molar-refractivity contribution in [1.29, 1.82) is 0 Å². The van der Waals surface area contributed by atoms with Gasteiger partial charge >= 0.3 is 11.9 Å². The minimum absolute atomic E-state index is 0.144. The zero-order valence-corrected chi connectivity index (χ0v) is 18.1. The molecule has 176 valence electrons. The highest BCUT2D eigenvalue weighted by Crippen LogP contribution is 2.06. The van der Waals surface area contributed by atoms with Crippen molar-refractivity contribution < 1.29 is 39.3 Å². The van der Waals surface area contributed by atoms with Crippen LogP contribution in [0, 0.1) is 0 Å². The van der Waals surface area contributed by atoms with Crippen molar-refractivity contribution in [3.63, 3.8) is 0 Å². The molecule has 0 spiro atoms. The number of thioether (sulfide) groups is 1. The molecule has 7 N–H and O–H groups in total. The Morgan fingerprint density at radius 3 is 2.16 bits per heavy atom. The molecule has 3 amide bonds. The maximum absolute atomic E-state index is 12.6. The van der Waals surface area contributed by atoms with E-state index in [0.717, 1.165) is 6.42 Å². The predicted octanol–water partition coefficient (Wildman–Crippen LogP) is -2.11. The molecule has 1 heterocycles. The Bertz CT molecular complexity index is 656. The molecule has 0 aromatic rings. The number of aliphatic carboxylic acids is 2. The van der Waals surface area contributed by atoms with Crippen LogP contribution in [0.25, 0.3) is 0 Å². The van der Waals surface area contributed by atoms with Crippen molar-refractivity contribution >= 4 is 41.4 Å². The van der Waals surface area contributed by atoms with Gasteiger partial charge in [0.15, 0.2) is 0 Å². The number of rotatable bonds is 14. The smallest absolute Gasteiger partial charge is 0.326 e. The minimum Gasteiger partial charge on any atom is -0.481 e. The second-order valence-corrected chi connectivity index (χ2v) is 8.05. The predicted molar refractivity (Wildman–Crippen MR) is 111 cm³/mol. The Kier molecular flexibility index (Phi) is 11.9. The van der Waals surface area contributed by atoms with Crippen molar-refractivity contribution in [1.82, 2.24) is 21.3 Å². The van der Waals surface area contributed by atoms with Gasteiger partial charge in [-0.2, -0.15) is 11.8 Å². The van der Waals surface area contributed by atoms with Gasteiger partial charge in [0, 0.05) is 6.42 Å². The third kappa shape index (κ3) is 9.53. The third-order valence-electron chi connectivity index (χ3n) is 4.70. The van der Waals surface area contributed by atoms with E-state index >= 15 is 0 Å². The Labute approximate surface area is 183 Å². The molecule has 1 aliphatic rings. The number of carboxylic acids is 2. The summed E-state index contributed by atoms with van der Waals surface area (Å²) in [7, 11) is 0. The summed E-state index contributed by atoms with van der Waals surface area (Å²) in [5.41, 5.74) is 0. The first-order valence-electron chi connectivity index (χ1n) is 9.88. The van der Waals surface area contributed by atoms with Gasteiger partial charge < -0.3 is 36.6 Å². The van der Waals surface area contributed by atoms with Crippen molar-refractivity contribution in [3.05, 3.63) is 0 Å². The quantitative estimate of drug-likeness (QED) is 0.150. The van der Waals surface area contributed by atoms with E-state index in [1.807, 2.05) is 0 Å². The van der Waals surface area contributed by atoms with Crippen molar-refractivity contribution in [2.24, 2.45) is 0 Å². The summed E-state index contributed by atoms with van der Waals surface area (Å²) in [5.74, 6) is -4.20. The molecule has 4 unspecified atom stereocenters. The lowest BCUT2D eigenvalue weighted by Gasteiger charge is -2.24. The summed E-state index contributed by atoms with van der Waals surface area (Å²) in [6.45, 7) is -0.0736. The molecule has 0 bridgehead atoms. The van der Waals surface area contributed by atoms with E-state index in [2.05, 4.69) is 21.3 Å². The van der Waals surface area contributed by atoms with Crippen molar-refractivity contribution in [2.45, 2.75) is 56.3 Å². The third-order valence-corrected chi connectivity index (χ3v) is 5.34. The molecular formula is C18H30N4O8S. The zero-order chi connectivity index (χ0) is 23.4. The molecule has 13 heteroatoms. The molecular weight excluding hydrogens is 432 g/mol. The first-order chi connectivity index (χ1) is 14.7. The van der Waals surface area contributed by atoms with Crippen LogP contribution in [0.3, 0.4) is 0 Å². The SMILES string of the molecule is CSCCC(NC(=O)C(CCC(=O)O)NC(=O)C(CO)NC(=O)C1CCCN1)C(=O)O. The summed E-state index contributed by atoms with van der Waals surface area (Å²) >= 11 is 1.40. The molecule has 0 radical (unpaired) electrons. The molecule has 0 aromatic carbocycles. The lowest BCUT2D eigenvalue weighted by atomic mass is 10.1. The number of carbonyl (C=O) groups excluding carboxylic acids is 3. The zero-order valence-electron chi connectivity index (χ0n) is 17.3. The average Bonchev–Trinajstić information content (AvgIpc) is 3.26. The molecule has 1 rings (SSSR count). The standard InChI is InChI=1S/C18H30N4O8S/c1-31-8-6-12(18(29)30)21-16(27)11(4-5-14(24)25)20-17(28)13(9-23)22-15(26)10-3-2-7-19-10/h10-13,19,23H,2-9H2,1H3,(H,20,28)(H,21,27)(H,22,26)(H,24,25)(H,29,30). The molecule has 4 atom stereocenters. The number of amides is 3. The fourth-order valence-electron chi connectivity index (χ4n) is 2.95. The van der Waals surface area contributed by atoms with Crippen molar-refractivity contribution in [2.75, 3.05) is 25.2 Å². The minimum atomic E-state index is -1.35. The number of hydrogen-bond donors (Lipinski definition) is 7. The van der Waals surface area contributed by atoms with Gasteiger partial charge in [0.05, 0.1) is 12.6 Å². The monoisotopic (exact) mass is 462 g/mol. The molecule has 1 saturated heterocycles. The fraction of sp³-hybridized carbons (Fsp3) is 0.722. The first-order valence-corrected chi connectivity index (χ1v) is 11.3. The second kappa shape index (κ2) is 13.8. The second-order valence-electron chi connectivity index (χ2n) is 7.07. The molecule has 12 nitrogen and oxygen atoms in total. The van der Waals surface area contributed by atoms with Crippen LogP contribution >= 0.6 is 11.8 Å². The number of aliphatic hydroxyl groups excluding tert-OH is 1. The van der Waals surface area contributed by atoms with Crippen LogP contribution < -0.4 is 21.3 Å². The number of hydrogen-bond acceptors (Lipinski definition) is 8. The summed E-state index contributed by atoms with van der Waals surface area (Å²) < 4.78 is 0. The van der Waals surface area contributed by atoms with E-state index in [9.17, 15) is 34.2 Å². The summed E-state index contributed by atoms with van der Waals surface area (Å²) in [6.07, 6.45) is 2.56. The van der Waals surface area contributed by atoms with Gasteiger partial charge in [-0.3, -0.25) is 19.2 Å². The van der Waals surface area contributed by atoms with Gasteiger partial charge in [0.1, 0.15) is 18.1 Å². The van der Waals surface area contributed by atoms with Crippen LogP contribution in [-0.4, -0.2) is 94.3 Å². The first kappa shape index (κ1) is 26.7. The molecule has 0 aliphatic carbocycles. The molecule has 0 aromatic heterocycles. The van der Waals surface area contributed by atoms with E-state index in [0.29, 0.717) is 18.7 Å². The normalized spacial score (nSPS) is 18.5. The maximum atomic E-state index is 12.6. The molecule has 1 aliphatic heterocycles. The number of carboxylic acid groups (broad SMARTS) is 2. The maximum Gasteiger partial charge on any atom is 0.326 e. The highest BCUT2D eigenvalue weighted by molar-refractivity contribution is 7.98. The highest BCUT2D eigenvalue weighted by Gasteiger charge is 2.31. The van der Waals surface area contributed by atoms with Crippen LogP contribution in [0.15, 0.2) is 0 Å². The summed E-state index contributed by atoms with van der Waals surface area (Å²) in [5, 5.41) is 37.7. The largest absolute Gasteiger partial charge is 0.481 e.